The molecule has 2 unspecified atom stereocenters. The van der Waals surface area contributed by atoms with Gasteiger partial charge in [-0.2, -0.15) is 0 Å². The van der Waals surface area contributed by atoms with Crippen LogP contribution in [0.2, 0.25) is 0 Å². The lowest BCUT2D eigenvalue weighted by Gasteiger charge is -2.23. The van der Waals surface area contributed by atoms with Crippen LogP contribution in [0, 0.1) is 11.8 Å². The minimum absolute atomic E-state index is 0.0630. The summed E-state index contributed by atoms with van der Waals surface area (Å²) in [5.41, 5.74) is 7.85. The highest BCUT2D eigenvalue weighted by molar-refractivity contribution is 6.06. The Labute approximate surface area is 196 Å². The summed E-state index contributed by atoms with van der Waals surface area (Å²) in [6.45, 7) is 8.79. The molecule has 8 heteroatoms. The monoisotopic (exact) mass is 453 g/mol. The highest BCUT2D eigenvalue weighted by Crippen LogP contribution is 2.29. The fraction of sp³-hybridized carbons (Fsp3) is 0.480. The van der Waals surface area contributed by atoms with Crippen LogP contribution in [-0.4, -0.2) is 35.4 Å². The second-order valence-electron chi connectivity index (χ2n) is 9.38. The number of allylic oxidation sites excluding steroid dienone is 3. The zero-order chi connectivity index (χ0) is 24.2. The van der Waals surface area contributed by atoms with Crippen molar-refractivity contribution in [1.82, 2.24) is 15.5 Å². The summed E-state index contributed by atoms with van der Waals surface area (Å²) in [5, 5.41) is 5.72. The SMILES string of the molecule is COC1=C(NC(=O)NCc2ccc(CN3C(=O)C(C)(CC(C)C)N=C3N)cc2)C=CCC1C. The number of aliphatic imine (C=N–C) groups is 1. The Morgan fingerprint density at radius 2 is 1.97 bits per heavy atom. The summed E-state index contributed by atoms with van der Waals surface area (Å²) in [7, 11) is 1.62. The molecule has 0 fully saturated rings. The average Bonchev–Trinajstić information content (AvgIpc) is 2.95. The van der Waals surface area contributed by atoms with E-state index in [1.165, 1.54) is 0 Å². The van der Waals surface area contributed by atoms with Crippen LogP contribution in [0.4, 0.5) is 4.79 Å². The smallest absolute Gasteiger partial charge is 0.319 e. The number of rotatable bonds is 8. The van der Waals surface area contributed by atoms with Crippen molar-refractivity contribution >= 4 is 17.9 Å². The fourth-order valence-electron chi connectivity index (χ4n) is 4.39. The molecule has 3 amide bonds. The molecule has 0 saturated heterocycles. The van der Waals surface area contributed by atoms with Gasteiger partial charge in [-0.05, 0) is 42.9 Å². The molecule has 0 spiro atoms. The number of nitrogens with zero attached hydrogens (tertiary/aromatic N) is 2. The predicted molar refractivity (Wildman–Crippen MR) is 129 cm³/mol. The van der Waals surface area contributed by atoms with Gasteiger partial charge in [0, 0.05) is 12.5 Å². The average molecular weight is 454 g/mol. The minimum atomic E-state index is -0.793. The molecular formula is C25H35N5O3. The number of carbonyl (C=O) groups is 2. The fourth-order valence-corrected chi connectivity index (χ4v) is 4.39. The molecule has 178 valence electrons. The minimum Gasteiger partial charge on any atom is -0.499 e. The van der Waals surface area contributed by atoms with E-state index in [0.29, 0.717) is 31.1 Å². The summed E-state index contributed by atoms with van der Waals surface area (Å²) in [5.74, 6) is 1.55. The zero-order valence-electron chi connectivity index (χ0n) is 20.1. The summed E-state index contributed by atoms with van der Waals surface area (Å²) in [6, 6.07) is 7.44. The first-order valence-electron chi connectivity index (χ1n) is 11.4. The molecule has 33 heavy (non-hydrogen) atoms. The van der Waals surface area contributed by atoms with Crippen molar-refractivity contribution in [3.63, 3.8) is 0 Å². The Balaban J connectivity index is 1.55. The molecule has 4 N–H and O–H groups in total. The lowest BCUT2D eigenvalue weighted by atomic mass is 9.91. The summed E-state index contributed by atoms with van der Waals surface area (Å²) in [6.07, 6.45) is 5.44. The molecule has 1 heterocycles. The number of methoxy groups -OCH3 is 1. The first-order valence-corrected chi connectivity index (χ1v) is 11.4. The van der Waals surface area contributed by atoms with E-state index in [-0.39, 0.29) is 23.8 Å². The van der Waals surface area contributed by atoms with Crippen LogP contribution >= 0.6 is 0 Å². The molecule has 3 rings (SSSR count). The summed E-state index contributed by atoms with van der Waals surface area (Å²) in [4.78, 5) is 31.2. The number of urea groups is 1. The predicted octanol–water partition coefficient (Wildman–Crippen LogP) is 3.40. The van der Waals surface area contributed by atoms with Crippen LogP contribution in [0.1, 0.15) is 51.7 Å². The number of nitrogens with two attached hydrogens (primary N) is 1. The Hall–Kier alpha value is -3.29. The molecular weight excluding hydrogens is 418 g/mol. The molecule has 8 nitrogen and oxygen atoms in total. The maximum absolute atomic E-state index is 12.9. The number of amides is 3. The second-order valence-corrected chi connectivity index (χ2v) is 9.38. The van der Waals surface area contributed by atoms with Crippen molar-refractivity contribution in [3.05, 3.63) is 59.0 Å². The van der Waals surface area contributed by atoms with Gasteiger partial charge in [-0.1, -0.05) is 51.1 Å². The lowest BCUT2D eigenvalue weighted by molar-refractivity contribution is -0.131. The van der Waals surface area contributed by atoms with Gasteiger partial charge in [-0.25, -0.2) is 9.79 Å². The Morgan fingerprint density at radius 3 is 2.61 bits per heavy atom. The molecule has 2 atom stereocenters. The second kappa shape index (κ2) is 10.1. The van der Waals surface area contributed by atoms with Crippen molar-refractivity contribution in [2.45, 2.75) is 59.2 Å². The van der Waals surface area contributed by atoms with Crippen LogP contribution in [0.15, 0.2) is 52.9 Å². The van der Waals surface area contributed by atoms with E-state index in [1.54, 1.807) is 12.0 Å². The van der Waals surface area contributed by atoms with E-state index < -0.39 is 5.54 Å². The topological polar surface area (TPSA) is 109 Å². The van der Waals surface area contributed by atoms with Crippen molar-refractivity contribution in [2.75, 3.05) is 7.11 Å². The van der Waals surface area contributed by atoms with Crippen LogP contribution < -0.4 is 16.4 Å². The zero-order valence-corrected chi connectivity index (χ0v) is 20.1. The number of ether oxygens (including phenoxy) is 1. The molecule has 1 aromatic carbocycles. The van der Waals surface area contributed by atoms with E-state index in [1.807, 2.05) is 43.3 Å². The summed E-state index contributed by atoms with van der Waals surface area (Å²) >= 11 is 0. The van der Waals surface area contributed by atoms with Gasteiger partial charge in [0.15, 0.2) is 5.96 Å². The van der Waals surface area contributed by atoms with Gasteiger partial charge in [0.1, 0.15) is 11.3 Å². The third-order valence-electron chi connectivity index (χ3n) is 5.92. The number of benzene rings is 1. The standard InChI is InChI=1S/C25H35N5O3/c1-16(2)13-25(4)22(31)30(23(26)29-25)15-19-11-9-18(10-12-19)14-27-24(32)28-20-8-6-7-17(3)21(20)33-5/h6,8-12,16-17H,7,13-15H2,1-5H3,(H2,26,29)(H2,27,28,32). The summed E-state index contributed by atoms with van der Waals surface area (Å²) < 4.78 is 5.43. The number of guanidine groups is 1. The lowest BCUT2D eigenvalue weighted by Crippen LogP contribution is -2.43. The van der Waals surface area contributed by atoms with E-state index >= 15 is 0 Å². The molecule has 1 aliphatic heterocycles. The van der Waals surface area contributed by atoms with Gasteiger partial charge in [0.2, 0.25) is 0 Å². The van der Waals surface area contributed by atoms with Gasteiger partial charge < -0.3 is 21.1 Å². The first-order chi connectivity index (χ1) is 15.6. The number of hydrogen-bond donors (Lipinski definition) is 3. The number of hydrogen-bond acceptors (Lipinski definition) is 5. The quantitative estimate of drug-likeness (QED) is 0.560. The molecule has 2 aliphatic rings. The van der Waals surface area contributed by atoms with Crippen molar-refractivity contribution < 1.29 is 14.3 Å². The van der Waals surface area contributed by atoms with Gasteiger partial charge in [-0.3, -0.25) is 9.69 Å². The van der Waals surface area contributed by atoms with Crippen molar-refractivity contribution in [2.24, 2.45) is 22.6 Å². The van der Waals surface area contributed by atoms with Crippen molar-refractivity contribution in [3.8, 4) is 0 Å². The van der Waals surface area contributed by atoms with E-state index in [2.05, 4.69) is 36.4 Å². The molecule has 0 aromatic heterocycles. The van der Waals surface area contributed by atoms with Gasteiger partial charge in [-0.15, -0.1) is 0 Å². The van der Waals surface area contributed by atoms with Crippen LogP contribution in [0.3, 0.4) is 0 Å². The normalized spacial score (nSPS) is 22.6. The number of nitrogens with one attached hydrogen (secondary N) is 2. The molecule has 0 radical (unpaired) electrons. The Kier molecular flexibility index (Phi) is 7.46. The largest absolute Gasteiger partial charge is 0.499 e. The maximum Gasteiger partial charge on any atom is 0.319 e. The first kappa shape index (κ1) is 24.4. The van der Waals surface area contributed by atoms with Gasteiger partial charge in [0.25, 0.3) is 5.91 Å². The molecule has 0 bridgehead atoms. The number of carbonyl (C=O) groups excluding carboxylic acids is 2. The van der Waals surface area contributed by atoms with Crippen LogP contribution in [0.25, 0.3) is 0 Å². The van der Waals surface area contributed by atoms with Gasteiger partial charge >= 0.3 is 6.03 Å². The Bertz CT molecular complexity index is 980. The van der Waals surface area contributed by atoms with Crippen molar-refractivity contribution in [1.29, 1.82) is 0 Å². The highest BCUT2D eigenvalue weighted by Gasteiger charge is 2.43. The highest BCUT2D eigenvalue weighted by atomic mass is 16.5. The Morgan fingerprint density at radius 1 is 1.30 bits per heavy atom. The third-order valence-corrected chi connectivity index (χ3v) is 5.92. The van der Waals surface area contributed by atoms with Crippen LogP contribution in [0.5, 0.6) is 0 Å². The molecule has 1 aliphatic carbocycles. The molecule has 1 aromatic rings. The third kappa shape index (κ3) is 5.74. The molecule has 0 saturated carbocycles. The van der Waals surface area contributed by atoms with E-state index in [4.69, 9.17) is 10.5 Å². The van der Waals surface area contributed by atoms with Crippen LogP contribution in [-0.2, 0) is 22.6 Å². The van der Waals surface area contributed by atoms with E-state index in [0.717, 1.165) is 23.3 Å². The maximum atomic E-state index is 12.9. The van der Waals surface area contributed by atoms with E-state index in [9.17, 15) is 9.59 Å². The van der Waals surface area contributed by atoms with Gasteiger partial charge in [0.05, 0.1) is 19.4 Å².